The maximum absolute atomic E-state index is 13.5. The monoisotopic (exact) mass is 500 g/mol. The largest absolute Gasteiger partial charge is 0.443 e. The van der Waals surface area contributed by atoms with Gasteiger partial charge in [0.1, 0.15) is 17.0 Å². The van der Waals surface area contributed by atoms with Gasteiger partial charge in [0.2, 0.25) is 5.88 Å². The molecule has 0 aliphatic rings. The van der Waals surface area contributed by atoms with Crippen molar-refractivity contribution >= 4 is 50.5 Å². The molecule has 0 radical (unpaired) electrons. The van der Waals surface area contributed by atoms with Crippen molar-refractivity contribution in [1.29, 1.82) is 0 Å². The number of furan rings is 1. The molecule has 6 nitrogen and oxygen atoms in total. The summed E-state index contributed by atoms with van der Waals surface area (Å²) in [4.78, 5) is 26.6. The SMILES string of the molecule is C/C=S(\C)N(C(=O)OC(C)(C)C)c1ccc2oc(NCCCC)c(C(=O)c3ccc(F)cc3)c2c1. The summed E-state index contributed by atoms with van der Waals surface area (Å²) in [5, 5.41) is 5.72. The molecule has 8 heteroatoms. The van der Waals surface area contributed by atoms with Crippen LogP contribution < -0.4 is 9.62 Å². The molecule has 1 atom stereocenters. The number of ketones is 1. The predicted octanol–water partition coefficient (Wildman–Crippen LogP) is 7.39. The quantitative estimate of drug-likeness (QED) is 0.198. The van der Waals surface area contributed by atoms with E-state index in [0.29, 0.717) is 40.2 Å². The molecule has 35 heavy (non-hydrogen) atoms. The molecule has 1 aromatic heterocycles. The van der Waals surface area contributed by atoms with Gasteiger partial charge in [0.15, 0.2) is 5.78 Å². The molecule has 1 amide bonds. The summed E-state index contributed by atoms with van der Waals surface area (Å²) in [6.07, 6.45) is 3.34. The molecule has 188 valence electrons. The fourth-order valence-electron chi connectivity index (χ4n) is 3.48. The lowest BCUT2D eigenvalue weighted by molar-refractivity contribution is 0.0611. The standard InChI is InChI=1S/C27H33FN2O4S/c1-7-9-16-29-25-23(24(31)18-10-12-19(28)13-11-18)21-17-20(14-15-22(21)33-25)30(35(6)8-2)26(32)34-27(3,4)5/h8,10-15,17,29H,7,9,16H2,1-6H3. The Balaban J connectivity index is 2.16. The van der Waals surface area contributed by atoms with Gasteiger partial charge < -0.3 is 14.5 Å². The molecule has 0 aliphatic heterocycles. The van der Waals surface area contributed by atoms with Crippen molar-refractivity contribution in [1.82, 2.24) is 0 Å². The summed E-state index contributed by atoms with van der Waals surface area (Å²) in [7, 11) is -0.568. The van der Waals surface area contributed by atoms with Gasteiger partial charge in [-0.3, -0.25) is 4.79 Å². The van der Waals surface area contributed by atoms with Crippen molar-refractivity contribution < 1.29 is 23.1 Å². The third-order valence-corrected chi connectivity index (χ3v) is 6.86. The number of hydrogen-bond donors (Lipinski definition) is 1. The number of amides is 1. The second-order valence-electron chi connectivity index (χ2n) is 9.14. The summed E-state index contributed by atoms with van der Waals surface area (Å²) < 4.78 is 26.7. The van der Waals surface area contributed by atoms with E-state index in [0.717, 1.165) is 12.8 Å². The van der Waals surface area contributed by atoms with E-state index in [2.05, 4.69) is 12.2 Å². The molecule has 0 aliphatic carbocycles. The van der Waals surface area contributed by atoms with E-state index in [1.54, 1.807) is 22.5 Å². The lowest BCUT2D eigenvalue weighted by Crippen LogP contribution is -2.33. The van der Waals surface area contributed by atoms with E-state index >= 15 is 0 Å². The molecular weight excluding hydrogens is 467 g/mol. The number of halogens is 1. The Hall–Kier alpha value is -3.13. The van der Waals surface area contributed by atoms with E-state index in [1.165, 1.54) is 24.3 Å². The molecule has 0 fully saturated rings. The van der Waals surface area contributed by atoms with Crippen LogP contribution in [0.2, 0.25) is 0 Å². The fourth-order valence-corrected chi connectivity index (χ4v) is 4.41. The summed E-state index contributed by atoms with van der Waals surface area (Å²) in [6, 6.07) is 10.7. The van der Waals surface area contributed by atoms with Crippen LogP contribution in [0, 0.1) is 5.82 Å². The molecule has 1 heterocycles. The third-order valence-electron chi connectivity index (χ3n) is 5.24. The molecule has 0 saturated carbocycles. The van der Waals surface area contributed by atoms with Crippen molar-refractivity contribution in [3.63, 3.8) is 0 Å². The van der Waals surface area contributed by atoms with Gasteiger partial charge in [0.25, 0.3) is 0 Å². The zero-order valence-corrected chi connectivity index (χ0v) is 21.9. The molecule has 1 N–H and O–H groups in total. The number of unbranched alkanes of at least 4 members (excludes halogenated alkanes) is 1. The second kappa shape index (κ2) is 11.1. The Morgan fingerprint density at radius 1 is 1.17 bits per heavy atom. The zero-order chi connectivity index (χ0) is 25.8. The van der Waals surface area contributed by atoms with Gasteiger partial charge in [0.05, 0.1) is 11.3 Å². The predicted molar refractivity (Wildman–Crippen MR) is 143 cm³/mol. The number of ether oxygens (including phenoxy) is 1. The van der Waals surface area contributed by atoms with E-state index in [9.17, 15) is 14.0 Å². The van der Waals surface area contributed by atoms with Gasteiger partial charge >= 0.3 is 6.09 Å². The van der Waals surface area contributed by atoms with Crippen molar-refractivity contribution in [2.45, 2.75) is 53.1 Å². The molecule has 0 saturated heterocycles. The van der Waals surface area contributed by atoms with Crippen LogP contribution in [0.1, 0.15) is 63.4 Å². The number of anilines is 2. The molecule has 3 rings (SSSR count). The Morgan fingerprint density at radius 3 is 2.46 bits per heavy atom. The van der Waals surface area contributed by atoms with E-state index < -0.39 is 28.2 Å². The number of fused-ring (bicyclic) bond motifs is 1. The average molecular weight is 501 g/mol. The fraction of sp³-hybridized carbons (Fsp3) is 0.370. The first-order chi connectivity index (χ1) is 16.6. The molecule has 3 aromatic rings. The van der Waals surface area contributed by atoms with Crippen LogP contribution in [-0.4, -0.2) is 35.6 Å². The van der Waals surface area contributed by atoms with Crippen molar-refractivity contribution in [2.24, 2.45) is 0 Å². The van der Waals surface area contributed by atoms with Crippen LogP contribution in [0.25, 0.3) is 11.0 Å². The first-order valence-corrected chi connectivity index (χ1v) is 13.3. The number of benzene rings is 2. The second-order valence-corrected chi connectivity index (χ2v) is 11.0. The average Bonchev–Trinajstić information content (AvgIpc) is 3.15. The normalized spacial score (nSPS) is 12.5. The first-order valence-electron chi connectivity index (χ1n) is 11.6. The highest BCUT2D eigenvalue weighted by Gasteiger charge is 2.27. The maximum atomic E-state index is 13.5. The van der Waals surface area contributed by atoms with Gasteiger partial charge in [-0.25, -0.2) is 13.5 Å². The third kappa shape index (κ3) is 6.31. The number of hydrogen-bond acceptors (Lipinski definition) is 5. The Kier molecular flexibility index (Phi) is 8.38. The van der Waals surface area contributed by atoms with Crippen LogP contribution in [0.3, 0.4) is 0 Å². The Labute approximate surface area is 208 Å². The smallest absolute Gasteiger partial charge is 0.424 e. The first kappa shape index (κ1) is 26.5. The minimum Gasteiger partial charge on any atom is -0.443 e. The van der Waals surface area contributed by atoms with Crippen molar-refractivity contribution in [2.75, 3.05) is 22.4 Å². The maximum Gasteiger partial charge on any atom is 0.424 e. The van der Waals surface area contributed by atoms with Gasteiger partial charge in [-0.2, -0.15) is 0 Å². The summed E-state index contributed by atoms with van der Waals surface area (Å²) in [6.45, 7) is 10.1. The topological polar surface area (TPSA) is 71.8 Å². The van der Waals surface area contributed by atoms with Crippen LogP contribution in [-0.2, 0) is 4.74 Å². The van der Waals surface area contributed by atoms with Crippen LogP contribution >= 0.6 is 10.7 Å². The number of nitrogens with one attached hydrogen (secondary N) is 1. The van der Waals surface area contributed by atoms with E-state index in [4.69, 9.17) is 9.15 Å². The summed E-state index contributed by atoms with van der Waals surface area (Å²) in [5.74, 6) is -0.344. The van der Waals surface area contributed by atoms with E-state index in [-0.39, 0.29) is 5.78 Å². The molecule has 0 spiro atoms. The van der Waals surface area contributed by atoms with Crippen molar-refractivity contribution in [3.8, 4) is 0 Å². The molecular formula is C27H33FN2O4S. The molecule has 0 bridgehead atoms. The minimum absolute atomic E-state index is 0.290. The van der Waals surface area contributed by atoms with Gasteiger partial charge in [0, 0.05) is 17.5 Å². The number of carbonyl (C=O) groups excluding carboxylic acids is 2. The van der Waals surface area contributed by atoms with Gasteiger partial charge in [-0.1, -0.05) is 24.0 Å². The highest BCUT2D eigenvalue weighted by molar-refractivity contribution is 8.16. The Morgan fingerprint density at radius 2 is 1.86 bits per heavy atom. The highest BCUT2D eigenvalue weighted by atomic mass is 32.2. The molecule has 1 unspecified atom stereocenters. The van der Waals surface area contributed by atoms with Crippen LogP contribution in [0.4, 0.5) is 20.8 Å². The number of rotatable bonds is 8. The lowest BCUT2D eigenvalue weighted by atomic mass is 10.0. The zero-order valence-electron chi connectivity index (χ0n) is 21.1. The van der Waals surface area contributed by atoms with Crippen LogP contribution in [0.15, 0.2) is 46.9 Å². The summed E-state index contributed by atoms with van der Waals surface area (Å²) >= 11 is 0. The number of nitrogens with zero attached hydrogens (tertiary/aromatic N) is 1. The molecule has 2 aromatic carbocycles. The van der Waals surface area contributed by atoms with E-state index in [1.807, 2.05) is 39.3 Å². The Bertz CT molecular complexity index is 1240. The number of carbonyl (C=O) groups is 2. The highest BCUT2D eigenvalue weighted by Crippen LogP contribution is 2.37. The van der Waals surface area contributed by atoms with Crippen LogP contribution in [0.5, 0.6) is 0 Å². The minimum atomic E-state index is -0.660. The lowest BCUT2D eigenvalue weighted by Gasteiger charge is -2.28. The van der Waals surface area contributed by atoms with Crippen molar-refractivity contribution in [3.05, 3.63) is 59.4 Å². The van der Waals surface area contributed by atoms with Gasteiger partial charge in [-0.15, -0.1) is 0 Å². The summed E-state index contributed by atoms with van der Waals surface area (Å²) in [5.41, 5.74) is 1.14. The van der Waals surface area contributed by atoms with Gasteiger partial charge in [-0.05, 0) is 88.2 Å².